The van der Waals surface area contributed by atoms with Crippen LogP contribution in [0.3, 0.4) is 0 Å². The highest BCUT2D eigenvalue weighted by atomic mass is 16.2. The van der Waals surface area contributed by atoms with Gasteiger partial charge in [-0.25, -0.2) is 19.1 Å². The number of hydrogen-bond donors (Lipinski definition) is 0. The van der Waals surface area contributed by atoms with E-state index in [1.54, 1.807) is 7.05 Å². The molecule has 4 heterocycles. The van der Waals surface area contributed by atoms with Crippen LogP contribution in [0.4, 0.5) is 0 Å². The predicted molar refractivity (Wildman–Crippen MR) is 102 cm³/mol. The number of carbonyl (C=O) groups is 1. The molecule has 8 heteroatoms. The Kier molecular flexibility index (Phi) is 3.19. The largest absolute Gasteiger partial charge is 0.349 e. The number of amides is 1. The second-order valence-electron chi connectivity index (χ2n) is 6.93. The number of rotatable bonds is 2. The average Bonchev–Trinajstić information content (AvgIpc) is 2.97. The molecule has 2 bridgehead atoms. The average molecular weight is 375 g/mol. The molecule has 28 heavy (non-hydrogen) atoms. The smallest absolute Gasteiger partial charge is 0.308 e. The van der Waals surface area contributed by atoms with E-state index in [2.05, 4.69) is 4.99 Å². The Morgan fingerprint density at radius 3 is 2.11 bits per heavy atom. The first-order chi connectivity index (χ1) is 13.5. The quantitative estimate of drug-likeness (QED) is 0.655. The van der Waals surface area contributed by atoms with Crippen LogP contribution in [-0.2, 0) is 17.5 Å². The highest BCUT2D eigenvalue weighted by Gasteiger charge is 2.59. The molecule has 3 aliphatic heterocycles. The summed E-state index contributed by atoms with van der Waals surface area (Å²) in [7, 11) is 3.06. The Hall–Kier alpha value is -3.68. The molecule has 140 valence electrons. The van der Waals surface area contributed by atoms with Crippen LogP contribution in [0.5, 0.6) is 0 Å². The maximum Gasteiger partial charge on any atom is 0.349 e. The standard InChI is InChI=1S/C20H17N5O3/c1-22-18(27)24-16-17(26)23(2)20(25(24)19(22)28,14-11-7-4-8-12-14)15(21-16)13-9-5-3-6-10-13/h3-12,16H,1-2H3/t16-,20-/m1/s1. The van der Waals surface area contributed by atoms with E-state index in [4.69, 9.17) is 0 Å². The van der Waals surface area contributed by atoms with Crippen molar-refractivity contribution in [1.29, 1.82) is 0 Å². The van der Waals surface area contributed by atoms with E-state index in [1.165, 1.54) is 21.3 Å². The van der Waals surface area contributed by atoms with Gasteiger partial charge in [0.15, 0.2) is 0 Å². The van der Waals surface area contributed by atoms with E-state index >= 15 is 0 Å². The lowest BCUT2D eigenvalue weighted by molar-refractivity contribution is -0.146. The molecule has 1 amide bonds. The summed E-state index contributed by atoms with van der Waals surface area (Å²) < 4.78 is 3.55. The van der Waals surface area contributed by atoms with Gasteiger partial charge in [-0.15, -0.1) is 0 Å². The number of aliphatic imine (C=N–C) groups is 1. The minimum absolute atomic E-state index is 0.337. The van der Waals surface area contributed by atoms with Gasteiger partial charge in [0.2, 0.25) is 11.8 Å². The van der Waals surface area contributed by atoms with Crippen LogP contribution >= 0.6 is 0 Å². The number of likely N-dealkylation sites (N-methyl/N-ethyl adjacent to an activating group) is 1. The fraction of sp³-hybridized carbons (Fsp3) is 0.200. The first kappa shape index (κ1) is 16.5. The summed E-state index contributed by atoms with van der Waals surface area (Å²) in [5, 5.41) is 0. The Labute approximate surface area is 159 Å². The van der Waals surface area contributed by atoms with Crippen LogP contribution in [-0.4, -0.2) is 37.5 Å². The van der Waals surface area contributed by atoms with Crippen molar-refractivity contribution in [2.24, 2.45) is 12.0 Å². The molecule has 0 aliphatic carbocycles. The number of hydrogen-bond acceptors (Lipinski definition) is 4. The normalized spacial score (nSPS) is 22.9. The Bertz CT molecular complexity index is 1250. The highest BCUT2D eigenvalue weighted by Crippen LogP contribution is 2.42. The molecule has 6 rings (SSSR count). The van der Waals surface area contributed by atoms with Crippen molar-refractivity contribution in [2.75, 3.05) is 7.05 Å². The molecule has 0 radical (unpaired) electrons. The Morgan fingerprint density at radius 2 is 1.46 bits per heavy atom. The summed E-state index contributed by atoms with van der Waals surface area (Å²) in [6.45, 7) is 0. The summed E-state index contributed by atoms with van der Waals surface area (Å²) in [5.74, 6) is -0.337. The molecular weight excluding hydrogens is 358 g/mol. The Morgan fingerprint density at radius 1 is 0.857 bits per heavy atom. The number of nitrogens with zero attached hydrogens (tertiary/aromatic N) is 5. The number of carbonyl (C=O) groups excluding carboxylic acids is 1. The molecule has 2 aromatic carbocycles. The molecule has 0 spiro atoms. The van der Waals surface area contributed by atoms with Crippen LogP contribution in [0, 0.1) is 0 Å². The summed E-state index contributed by atoms with van der Waals surface area (Å²) in [4.78, 5) is 45.2. The molecule has 0 N–H and O–H groups in total. The third-order valence-corrected chi connectivity index (χ3v) is 5.55. The van der Waals surface area contributed by atoms with Gasteiger partial charge in [0.25, 0.3) is 5.91 Å². The molecule has 1 aromatic heterocycles. The van der Waals surface area contributed by atoms with Crippen LogP contribution in [0.15, 0.2) is 75.2 Å². The first-order valence-corrected chi connectivity index (χ1v) is 8.87. The van der Waals surface area contributed by atoms with Crippen molar-refractivity contribution in [3.05, 3.63) is 92.8 Å². The summed E-state index contributed by atoms with van der Waals surface area (Å²) in [6, 6.07) is 18.6. The van der Waals surface area contributed by atoms with Gasteiger partial charge in [-0.2, -0.15) is 9.36 Å². The Balaban J connectivity index is 1.99. The van der Waals surface area contributed by atoms with Crippen LogP contribution < -0.4 is 11.4 Å². The molecule has 0 fully saturated rings. The van der Waals surface area contributed by atoms with Gasteiger partial charge in [-0.1, -0.05) is 60.7 Å². The number of aromatic nitrogens is 3. The SMILES string of the molecule is CN1C(=O)[C@@H]2N=C(c3ccccc3)[C@@]1(c1ccccc1)n1c(=O)n(C)c(=O)n12. The zero-order valence-electron chi connectivity index (χ0n) is 15.3. The summed E-state index contributed by atoms with van der Waals surface area (Å²) in [5.41, 5.74) is -0.405. The van der Waals surface area contributed by atoms with E-state index in [0.29, 0.717) is 11.3 Å². The maximum atomic E-state index is 13.1. The van der Waals surface area contributed by atoms with Crippen molar-refractivity contribution in [1.82, 2.24) is 18.8 Å². The van der Waals surface area contributed by atoms with Gasteiger partial charge in [-0.3, -0.25) is 4.79 Å². The second kappa shape index (κ2) is 5.41. The van der Waals surface area contributed by atoms with Crippen molar-refractivity contribution in [3.63, 3.8) is 0 Å². The van der Waals surface area contributed by atoms with E-state index in [-0.39, 0.29) is 5.91 Å². The molecule has 0 saturated carbocycles. The fourth-order valence-electron chi connectivity index (χ4n) is 4.22. The van der Waals surface area contributed by atoms with E-state index < -0.39 is 23.2 Å². The lowest BCUT2D eigenvalue weighted by Gasteiger charge is -2.51. The van der Waals surface area contributed by atoms with Gasteiger partial charge in [0.05, 0.1) is 5.71 Å². The maximum absolute atomic E-state index is 13.1. The first-order valence-electron chi connectivity index (χ1n) is 8.87. The third kappa shape index (κ3) is 1.74. The summed E-state index contributed by atoms with van der Waals surface area (Å²) >= 11 is 0. The second-order valence-corrected chi connectivity index (χ2v) is 6.93. The topological polar surface area (TPSA) is 81.6 Å². The number of fused-ring (bicyclic) bond motifs is 1. The summed E-state index contributed by atoms with van der Waals surface area (Å²) in [6.07, 6.45) is -1.10. The van der Waals surface area contributed by atoms with Gasteiger partial charge in [0, 0.05) is 25.2 Å². The molecule has 0 unspecified atom stereocenters. The van der Waals surface area contributed by atoms with Crippen molar-refractivity contribution < 1.29 is 4.79 Å². The van der Waals surface area contributed by atoms with Gasteiger partial charge in [-0.05, 0) is 0 Å². The van der Waals surface area contributed by atoms with E-state index in [9.17, 15) is 14.4 Å². The molecule has 8 nitrogen and oxygen atoms in total. The van der Waals surface area contributed by atoms with Crippen LogP contribution in [0.2, 0.25) is 0 Å². The van der Waals surface area contributed by atoms with Crippen molar-refractivity contribution in [2.45, 2.75) is 11.8 Å². The molecule has 0 saturated heterocycles. The fourth-order valence-corrected chi connectivity index (χ4v) is 4.22. The van der Waals surface area contributed by atoms with E-state index in [0.717, 1.165) is 10.1 Å². The lowest BCUT2D eigenvalue weighted by Crippen LogP contribution is -2.70. The molecule has 2 atom stereocenters. The zero-order chi connectivity index (χ0) is 19.6. The van der Waals surface area contributed by atoms with Gasteiger partial charge < -0.3 is 4.90 Å². The van der Waals surface area contributed by atoms with Gasteiger partial charge in [0.1, 0.15) is 0 Å². The van der Waals surface area contributed by atoms with Crippen LogP contribution in [0.1, 0.15) is 17.3 Å². The number of benzene rings is 2. The molecule has 3 aliphatic rings. The van der Waals surface area contributed by atoms with E-state index in [1.807, 2.05) is 60.7 Å². The van der Waals surface area contributed by atoms with Crippen molar-refractivity contribution >= 4 is 11.6 Å². The molecule has 3 aromatic rings. The van der Waals surface area contributed by atoms with Crippen LogP contribution in [0.25, 0.3) is 0 Å². The highest BCUT2D eigenvalue weighted by molar-refractivity contribution is 6.12. The minimum atomic E-state index is -1.36. The lowest BCUT2D eigenvalue weighted by atomic mass is 9.85. The zero-order valence-corrected chi connectivity index (χ0v) is 15.3. The molecular formula is C20H17N5O3. The monoisotopic (exact) mass is 375 g/mol. The minimum Gasteiger partial charge on any atom is -0.308 e. The third-order valence-electron chi connectivity index (χ3n) is 5.55. The predicted octanol–water partition coefficient (Wildman–Crippen LogP) is 0.523. The van der Waals surface area contributed by atoms with Crippen molar-refractivity contribution in [3.8, 4) is 0 Å². The van der Waals surface area contributed by atoms with Gasteiger partial charge >= 0.3 is 11.4 Å².